The van der Waals surface area contributed by atoms with Crippen molar-refractivity contribution in [3.05, 3.63) is 30.1 Å². The van der Waals surface area contributed by atoms with Crippen molar-refractivity contribution >= 4 is 11.8 Å². The van der Waals surface area contributed by atoms with Gasteiger partial charge in [-0.25, -0.2) is 0 Å². The van der Waals surface area contributed by atoms with Crippen LogP contribution in [-0.4, -0.2) is 46.2 Å². The van der Waals surface area contributed by atoms with E-state index in [9.17, 15) is 9.59 Å². The molecule has 0 aromatic carbocycles. The van der Waals surface area contributed by atoms with Gasteiger partial charge in [-0.05, 0) is 26.0 Å². The summed E-state index contributed by atoms with van der Waals surface area (Å²) in [7, 11) is 0. The summed E-state index contributed by atoms with van der Waals surface area (Å²) in [6, 6.07) is 5.61. The van der Waals surface area contributed by atoms with E-state index in [-0.39, 0.29) is 11.8 Å². The smallest absolute Gasteiger partial charge is 0.224 e. The third-order valence-electron chi connectivity index (χ3n) is 3.24. The highest BCUT2D eigenvalue weighted by molar-refractivity contribution is 5.78. The molecule has 1 heterocycles. The lowest BCUT2D eigenvalue weighted by Crippen LogP contribution is -2.36. The summed E-state index contributed by atoms with van der Waals surface area (Å²) in [4.78, 5) is 31.2. The quantitative estimate of drug-likeness (QED) is 0.762. The van der Waals surface area contributed by atoms with Crippen LogP contribution in [0.15, 0.2) is 24.4 Å². The lowest BCUT2D eigenvalue weighted by molar-refractivity contribution is -0.133. The number of amides is 2. The van der Waals surface area contributed by atoms with Crippen molar-refractivity contribution in [2.45, 2.75) is 33.7 Å². The number of rotatable bonds is 7. The summed E-state index contributed by atoms with van der Waals surface area (Å²) in [6.45, 7) is 7.72. The van der Waals surface area contributed by atoms with E-state index in [4.69, 9.17) is 0 Å². The molecule has 20 heavy (non-hydrogen) atoms. The molecule has 0 atom stereocenters. The molecule has 0 N–H and O–H groups in total. The van der Waals surface area contributed by atoms with Crippen LogP contribution in [0.4, 0.5) is 0 Å². The number of aromatic nitrogens is 1. The van der Waals surface area contributed by atoms with Crippen molar-refractivity contribution in [1.82, 2.24) is 14.8 Å². The monoisotopic (exact) mass is 277 g/mol. The maximum Gasteiger partial charge on any atom is 0.224 e. The summed E-state index contributed by atoms with van der Waals surface area (Å²) >= 11 is 0. The fraction of sp³-hybridized carbons (Fsp3) is 0.533. The first-order chi connectivity index (χ1) is 9.58. The van der Waals surface area contributed by atoms with Crippen LogP contribution in [0.5, 0.6) is 0 Å². The van der Waals surface area contributed by atoms with Crippen LogP contribution in [-0.2, 0) is 16.1 Å². The Morgan fingerprint density at radius 1 is 1.15 bits per heavy atom. The van der Waals surface area contributed by atoms with Gasteiger partial charge in [-0.3, -0.25) is 14.6 Å². The Morgan fingerprint density at radius 3 is 2.35 bits per heavy atom. The van der Waals surface area contributed by atoms with Gasteiger partial charge in [-0.1, -0.05) is 6.07 Å². The van der Waals surface area contributed by atoms with Crippen LogP contribution < -0.4 is 0 Å². The van der Waals surface area contributed by atoms with Crippen molar-refractivity contribution in [3.8, 4) is 0 Å². The SMILES string of the molecule is CCN(CC)C(=O)CCN(Cc1ccccn1)C(C)=O. The summed E-state index contributed by atoms with van der Waals surface area (Å²) < 4.78 is 0. The van der Waals surface area contributed by atoms with Gasteiger partial charge < -0.3 is 9.80 Å². The third kappa shape index (κ3) is 4.99. The summed E-state index contributed by atoms with van der Waals surface area (Å²) in [5.41, 5.74) is 0.831. The molecule has 5 nitrogen and oxygen atoms in total. The predicted molar refractivity (Wildman–Crippen MR) is 77.9 cm³/mol. The van der Waals surface area contributed by atoms with Crippen LogP contribution in [0.2, 0.25) is 0 Å². The zero-order valence-corrected chi connectivity index (χ0v) is 12.5. The van der Waals surface area contributed by atoms with E-state index in [1.165, 1.54) is 6.92 Å². The van der Waals surface area contributed by atoms with Gasteiger partial charge in [0.05, 0.1) is 12.2 Å². The molecule has 1 aromatic heterocycles. The molecular formula is C15H23N3O2. The zero-order chi connectivity index (χ0) is 15.0. The van der Waals surface area contributed by atoms with E-state index in [1.54, 1.807) is 16.0 Å². The molecule has 0 saturated heterocycles. The second kappa shape index (κ2) is 8.30. The number of pyridine rings is 1. The van der Waals surface area contributed by atoms with Crippen LogP contribution in [0, 0.1) is 0 Å². The lowest BCUT2D eigenvalue weighted by Gasteiger charge is -2.23. The first kappa shape index (κ1) is 16.1. The number of nitrogens with zero attached hydrogens (tertiary/aromatic N) is 3. The standard InChI is InChI=1S/C15H23N3O2/c1-4-17(5-2)15(20)9-11-18(13(3)19)12-14-8-6-7-10-16-14/h6-8,10H,4-5,9,11-12H2,1-3H3. The van der Waals surface area contributed by atoms with Gasteiger partial charge in [0.15, 0.2) is 0 Å². The molecular weight excluding hydrogens is 254 g/mol. The minimum atomic E-state index is -0.0389. The second-order valence-corrected chi connectivity index (χ2v) is 4.58. The fourth-order valence-electron chi connectivity index (χ4n) is 2.00. The highest BCUT2D eigenvalue weighted by Gasteiger charge is 2.14. The molecule has 0 bridgehead atoms. The molecule has 110 valence electrons. The van der Waals surface area contributed by atoms with Crippen LogP contribution in [0.3, 0.4) is 0 Å². The summed E-state index contributed by atoms with van der Waals surface area (Å²) in [5.74, 6) is 0.0465. The Bertz CT molecular complexity index is 430. The molecule has 5 heteroatoms. The Morgan fingerprint density at radius 2 is 1.85 bits per heavy atom. The van der Waals surface area contributed by atoms with E-state index in [2.05, 4.69) is 4.98 Å². The number of carbonyl (C=O) groups is 2. The van der Waals surface area contributed by atoms with Crippen LogP contribution in [0.1, 0.15) is 32.9 Å². The molecule has 0 aliphatic rings. The van der Waals surface area contributed by atoms with Crippen molar-refractivity contribution in [2.75, 3.05) is 19.6 Å². The largest absolute Gasteiger partial charge is 0.343 e. The molecule has 0 aliphatic carbocycles. The Labute approximate surface area is 120 Å². The predicted octanol–water partition coefficient (Wildman–Crippen LogP) is 1.69. The third-order valence-corrected chi connectivity index (χ3v) is 3.24. The van der Waals surface area contributed by atoms with Gasteiger partial charge in [0.2, 0.25) is 11.8 Å². The van der Waals surface area contributed by atoms with Gasteiger partial charge in [0, 0.05) is 39.2 Å². The summed E-state index contributed by atoms with van der Waals surface area (Å²) in [5, 5.41) is 0. The van der Waals surface area contributed by atoms with Crippen LogP contribution >= 0.6 is 0 Å². The van der Waals surface area contributed by atoms with E-state index >= 15 is 0 Å². The maximum atomic E-state index is 12.0. The van der Waals surface area contributed by atoms with Gasteiger partial charge in [-0.15, -0.1) is 0 Å². The minimum absolute atomic E-state index is 0.0389. The topological polar surface area (TPSA) is 53.5 Å². The molecule has 0 fully saturated rings. The first-order valence-corrected chi connectivity index (χ1v) is 7.01. The summed E-state index contributed by atoms with van der Waals surface area (Å²) in [6.07, 6.45) is 2.06. The van der Waals surface area contributed by atoms with Crippen molar-refractivity contribution < 1.29 is 9.59 Å². The zero-order valence-electron chi connectivity index (χ0n) is 12.5. The van der Waals surface area contributed by atoms with E-state index in [1.807, 2.05) is 32.0 Å². The molecule has 0 radical (unpaired) electrons. The Hall–Kier alpha value is -1.91. The average molecular weight is 277 g/mol. The van der Waals surface area contributed by atoms with E-state index in [0.29, 0.717) is 32.6 Å². The molecule has 0 unspecified atom stereocenters. The normalized spacial score (nSPS) is 10.2. The van der Waals surface area contributed by atoms with Crippen molar-refractivity contribution in [2.24, 2.45) is 0 Å². The van der Waals surface area contributed by atoms with Gasteiger partial charge in [0.25, 0.3) is 0 Å². The van der Waals surface area contributed by atoms with Gasteiger partial charge in [0.1, 0.15) is 0 Å². The lowest BCUT2D eigenvalue weighted by atomic mass is 10.3. The van der Waals surface area contributed by atoms with E-state index in [0.717, 1.165) is 5.69 Å². The maximum absolute atomic E-state index is 12.0. The second-order valence-electron chi connectivity index (χ2n) is 4.58. The number of hydrogen-bond donors (Lipinski definition) is 0. The molecule has 1 rings (SSSR count). The van der Waals surface area contributed by atoms with Crippen molar-refractivity contribution in [3.63, 3.8) is 0 Å². The van der Waals surface area contributed by atoms with Gasteiger partial charge >= 0.3 is 0 Å². The van der Waals surface area contributed by atoms with E-state index < -0.39 is 0 Å². The van der Waals surface area contributed by atoms with Crippen LogP contribution in [0.25, 0.3) is 0 Å². The molecule has 0 saturated carbocycles. The highest BCUT2D eigenvalue weighted by Crippen LogP contribution is 2.04. The molecule has 1 aromatic rings. The number of hydrogen-bond acceptors (Lipinski definition) is 3. The fourth-order valence-corrected chi connectivity index (χ4v) is 2.00. The van der Waals surface area contributed by atoms with Crippen molar-refractivity contribution in [1.29, 1.82) is 0 Å². The Kier molecular flexibility index (Phi) is 6.70. The molecule has 0 aliphatic heterocycles. The minimum Gasteiger partial charge on any atom is -0.343 e. The average Bonchev–Trinajstić information content (AvgIpc) is 2.45. The first-order valence-electron chi connectivity index (χ1n) is 7.01. The Balaban J connectivity index is 2.56. The molecule has 2 amide bonds. The number of carbonyl (C=O) groups excluding carboxylic acids is 2. The van der Waals surface area contributed by atoms with Gasteiger partial charge in [-0.2, -0.15) is 0 Å². The highest BCUT2D eigenvalue weighted by atomic mass is 16.2. The molecule has 0 spiro atoms.